The van der Waals surface area contributed by atoms with Crippen molar-refractivity contribution in [3.8, 4) is 17.6 Å². The molecule has 6 nitrogen and oxygen atoms in total. The Morgan fingerprint density at radius 1 is 1.02 bits per heavy atom. The average molecular weight is 633 g/mol. The maximum Gasteiger partial charge on any atom is 0.422 e. The van der Waals surface area contributed by atoms with Crippen LogP contribution in [-0.4, -0.2) is 83.9 Å². The summed E-state index contributed by atoms with van der Waals surface area (Å²) in [7, 11) is 3.82. The van der Waals surface area contributed by atoms with E-state index in [1.54, 1.807) is 23.1 Å². The number of halogens is 7. The van der Waals surface area contributed by atoms with Crippen LogP contribution in [0.2, 0.25) is 0 Å². The van der Waals surface area contributed by atoms with Gasteiger partial charge in [-0.3, -0.25) is 0 Å². The summed E-state index contributed by atoms with van der Waals surface area (Å²) in [5.41, 5.74) is 0.758. The van der Waals surface area contributed by atoms with E-state index in [9.17, 15) is 26.3 Å². The molecule has 3 aromatic rings. The van der Waals surface area contributed by atoms with Crippen LogP contribution in [0.15, 0.2) is 30.3 Å². The first kappa shape index (κ1) is 32.5. The van der Waals surface area contributed by atoms with E-state index in [-0.39, 0.29) is 34.1 Å². The summed E-state index contributed by atoms with van der Waals surface area (Å²) in [6, 6.07) is 7.32. The minimum absolute atomic E-state index is 0.0476. The van der Waals surface area contributed by atoms with Crippen molar-refractivity contribution in [2.45, 2.75) is 18.8 Å². The van der Waals surface area contributed by atoms with Crippen LogP contribution < -0.4 is 20.3 Å². The molecular formula is C29H31F7N4O2S. The molecule has 0 amide bonds. The number of fused-ring (bicyclic) bond motifs is 1. The van der Waals surface area contributed by atoms with Crippen LogP contribution in [0.1, 0.15) is 10.4 Å². The first-order valence-electron chi connectivity index (χ1n) is 13.4. The number of anilines is 3. The zero-order chi connectivity index (χ0) is 31.2. The van der Waals surface area contributed by atoms with Gasteiger partial charge in [0.25, 0.3) is 0 Å². The summed E-state index contributed by atoms with van der Waals surface area (Å²) in [5, 5.41) is 6.46. The van der Waals surface area contributed by atoms with Crippen molar-refractivity contribution in [2.75, 3.05) is 82.2 Å². The minimum Gasteiger partial charge on any atom is -0.482 e. The SMILES string of the molecule is CN(C)CCNc1cccc2c(CC(F)(F)F)c(C#CCNc3cc(F)c(N4CCOCC4)cc3OCC(F)(F)F)sc12. The van der Waals surface area contributed by atoms with Gasteiger partial charge in [0.05, 0.1) is 52.8 Å². The molecule has 0 bridgehead atoms. The van der Waals surface area contributed by atoms with E-state index in [4.69, 9.17) is 9.47 Å². The van der Waals surface area contributed by atoms with Crippen molar-refractivity contribution in [2.24, 2.45) is 0 Å². The van der Waals surface area contributed by atoms with E-state index in [0.29, 0.717) is 48.6 Å². The Hall–Kier alpha value is -3.41. The normalized spacial score (nSPS) is 14.1. The quantitative estimate of drug-likeness (QED) is 0.201. The third-order valence-electron chi connectivity index (χ3n) is 6.43. The topological polar surface area (TPSA) is 49.0 Å². The zero-order valence-corrected chi connectivity index (χ0v) is 24.3. The first-order valence-corrected chi connectivity index (χ1v) is 14.2. The van der Waals surface area contributed by atoms with E-state index in [2.05, 4.69) is 22.5 Å². The molecule has 0 spiro atoms. The van der Waals surface area contributed by atoms with Gasteiger partial charge in [-0.2, -0.15) is 26.3 Å². The van der Waals surface area contributed by atoms with Gasteiger partial charge in [0, 0.05) is 38.3 Å². The number of hydrogen-bond acceptors (Lipinski definition) is 7. The van der Waals surface area contributed by atoms with Crippen LogP contribution >= 0.6 is 11.3 Å². The highest BCUT2D eigenvalue weighted by Gasteiger charge is 2.31. The maximum atomic E-state index is 15.0. The number of hydrogen-bond donors (Lipinski definition) is 2. The lowest BCUT2D eigenvalue weighted by molar-refractivity contribution is -0.153. The number of ether oxygens (including phenoxy) is 2. The number of benzene rings is 2. The van der Waals surface area contributed by atoms with Crippen molar-refractivity contribution in [1.82, 2.24) is 4.90 Å². The standard InChI is InChI=1S/C29H31F7N4O2S/c1-39(2)10-9-38-22-6-3-5-19-20(17-28(31,32)33)26(43-27(19)22)7-4-8-37-23-15-21(30)24(40-11-13-41-14-12-40)16-25(23)42-18-29(34,35)36/h3,5-6,15-16,37-38H,8-14,17-18H2,1-2H3. The molecule has 0 unspecified atom stereocenters. The lowest BCUT2D eigenvalue weighted by atomic mass is 10.1. The third-order valence-corrected chi connectivity index (χ3v) is 7.63. The van der Waals surface area contributed by atoms with E-state index in [0.717, 1.165) is 23.9 Å². The van der Waals surface area contributed by atoms with Crippen LogP contribution in [0.5, 0.6) is 5.75 Å². The number of rotatable bonds is 10. The molecule has 0 saturated carbocycles. The van der Waals surface area contributed by atoms with E-state index in [1.807, 2.05) is 19.0 Å². The maximum absolute atomic E-state index is 15.0. The fourth-order valence-corrected chi connectivity index (χ4v) is 5.66. The third kappa shape index (κ3) is 9.29. The predicted molar refractivity (Wildman–Crippen MR) is 155 cm³/mol. The van der Waals surface area contributed by atoms with Crippen molar-refractivity contribution >= 4 is 38.5 Å². The minimum atomic E-state index is -4.62. The van der Waals surface area contributed by atoms with Crippen molar-refractivity contribution in [3.63, 3.8) is 0 Å². The second-order valence-electron chi connectivity index (χ2n) is 10.1. The van der Waals surface area contributed by atoms with Crippen LogP contribution in [0.3, 0.4) is 0 Å². The largest absolute Gasteiger partial charge is 0.482 e. The Bertz CT molecular complexity index is 1460. The van der Waals surface area contributed by atoms with Crippen molar-refractivity contribution in [1.29, 1.82) is 0 Å². The smallest absolute Gasteiger partial charge is 0.422 e. The van der Waals surface area contributed by atoms with Gasteiger partial charge in [-0.1, -0.05) is 24.0 Å². The highest BCUT2D eigenvalue weighted by atomic mass is 32.1. The summed E-state index contributed by atoms with van der Waals surface area (Å²) in [6.07, 6.45) is -10.3. The Balaban J connectivity index is 1.59. The van der Waals surface area contributed by atoms with E-state index >= 15 is 4.39 Å². The van der Waals surface area contributed by atoms with Gasteiger partial charge in [0.2, 0.25) is 0 Å². The molecule has 0 atom stereocenters. The number of thiophene rings is 1. The molecule has 2 aromatic carbocycles. The van der Waals surface area contributed by atoms with Crippen LogP contribution in [0.4, 0.5) is 47.8 Å². The van der Waals surface area contributed by atoms with Gasteiger partial charge < -0.3 is 29.9 Å². The molecule has 4 rings (SSSR count). The van der Waals surface area contributed by atoms with Gasteiger partial charge in [-0.05, 0) is 31.1 Å². The molecule has 1 aliphatic heterocycles. The number of likely N-dealkylation sites (N-methyl/N-ethyl adjacent to an activating group) is 1. The molecular weight excluding hydrogens is 601 g/mol. The molecule has 1 saturated heterocycles. The van der Waals surface area contributed by atoms with Gasteiger partial charge in [-0.25, -0.2) is 4.39 Å². The van der Waals surface area contributed by atoms with Gasteiger partial charge in [0.1, 0.15) is 11.6 Å². The lowest BCUT2D eigenvalue weighted by Gasteiger charge is -2.30. The molecule has 2 N–H and O–H groups in total. The highest BCUT2D eigenvalue weighted by molar-refractivity contribution is 7.20. The molecule has 234 valence electrons. The second-order valence-corrected chi connectivity index (χ2v) is 11.1. The number of nitrogens with one attached hydrogen (secondary N) is 2. The summed E-state index contributed by atoms with van der Waals surface area (Å²) in [6.45, 7) is 0.931. The molecule has 14 heteroatoms. The first-order chi connectivity index (χ1) is 20.3. The summed E-state index contributed by atoms with van der Waals surface area (Å²) < 4.78 is 105. The second kappa shape index (κ2) is 13.9. The van der Waals surface area contributed by atoms with Gasteiger partial charge >= 0.3 is 12.4 Å². The number of alkyl halides is 6. The molecule has 2 heterocycles. The molecule has 0 radical (unpaired) electrons. The Labute approximate surface area is 248 Å². The summed E-state index contributed by atoms with van der Waals surface area (Å²) in [4.78, 5) is 3.84. The summed E-state index contributed by atoms with van der Waals surface area (Å²) >= 11 is 1.13. The Kier molecular flexibility index (Phi) is 10.5. The van der Waals surface area contributed by atoms with Crippen LogP contribution in [-0.2, 0) is 11.2 Å². The lowest BCUT2D eigenvalue weighted by Crippen LogP contribution is -2.36. The van der Waals surface area contributed by atoms with Crippen molar-refractivity contribution < 1.29 is 40.2 Å². The highest BCUT2D eigenvalue weighted by Crippen LogP contribution is 2.39. The molecule has 1 fully saturated rings. The average Bonchev–Trinajstić information content (AvgIpc) is 3.26. The summed E-state index contributed by atoms with van der Waals surface area (Å²) in [5.74, 6) is 4.62. The molecule has 0 aliphatic carbocycles. The number of morpholine rings is 1. The van der Waals surface area contributed by atoms with Crippen LogP contribution in [0, 0.1) is 17.7 Å². The fraction of sp³-hybridized carbons (Fsp3) is 0.448. The van der Waals surface area contributed by atoms with Gasteiger partial charge in [-0.15, -0.1) is 11.3 Å². The van der Waals surface area contributed by atoms with E-state index < -0.39 is 31.2 Å². The zero-order valence-electron chi connectivity index (χ0n) is 23.5. The Morgan fingerprint density at radius 3 is 2.44 bits per heavy atom. The van der Waals surface area contributed by atoms with E-state index in [1.165, 1.54) is 6.07 Å². The Morgan fingerprint density at radius 2 is 1.77 bits per heavy atom. The number of nitrogens with zero attached hydrogens (tertiary/aromatic N) is 2. The molecule has 1 aliphatic rings. The monoisotopic (exact) mass is 632 g/mol. The predicted octanol–water partition coefficient (Wildman–Crippen LogP) is 6.36. The van der Waals surface area contributed by atoms with Crippen molar-refractivity contribution in [3.05, 3.63) is 46.6 Å². The molecule has 43 heavy (non-hydrogen) atoms. The van der Waals surface area contributed by atoms with Crippen LogP contribution in [0.25, 0.3) is 10.1 Å². The molecule has 1 aromatic heterocycles. The fourth-order valence-electron chi connectivity index (χ4n) is 4.47. The van der Waals surface area contributed by atoms with Gasteiger partial charge in [0.15, 0.2) is 6.61 Å².